The van der Waals surface area contributed by atoms with E-state index in [-0.39, 0.29) is 10.8 Å². The molecule has 1 aromatic heterocycles. The maximum Gasteiger partial charge on any atom is 0.213 e. The van der Waals surface area contributed by atoms with Crippen LogP contribution in [-0.2, 0) is 33.7 Å². The maximum atomic E-state index is 11.6. The summed E-state index contributed by atoms with van der Waals surface area (Å²) < 4.78 is 31.9. The minimum absolute atomic E-state index is 0.131. The zero-order valence-electron chi connectivity index (χ0n) is 20.2. The van der Waals surface area contributed by atoms with E-state index in [9.17, 15) is 8.42 Å². The molecule has 170 valence electrons. The van der Waals surface area contributed by atoms with E-state index in [0.29, 0.717) is 0 Å². The first kappa shape index (κ1) is 25.3. The van der Waals surface area contributed by atoms with Gasteiger partial charge in [0.1, 0.15) is 0 Å². The molecule has 0 aliphatic carbocycles. The van der Waals surface area contributed by atoms with Gasteiger partial charge in [-0.1, -0.05) is 46.5 Å². The van der Waals surface area contributed by atoms with Crippen molar-refractivity contribution in [1.29, 1.82) is 0 Å². The van der Waals surface area contributed by atoms with E-state index < -0.39 is 26.4 Å². The van der Waals surface area contributed by atoms with Gasteiger partial charge in [-0.25, -0.2) is 13.6 Å². The Kier molecular flexibility index (Phi) is 7.21. The fraction of sp³-hybridized carbons (Fsp3) is 0.636. The van der Waals surface area contributed by atoms with Gasteiger partial charge in [0.15, 0.2) is 8.32 Å². The number of nitrogens with zero attached hydrogens (tertiary/aromatic N) is 1. The molecule has 2 rings (SSSR count). The van der Waals surface area contributed by atoms with Crippen molar-refractivity contribution in [2.45, 2.75) is 77.1 Å². The van der Waals surface area contributed by atoms with Gasteiger partial charge < -0.3 is 8.99 Å². The Hall–Kier alpha value is -0.936. The lowest BCUT2D eigenvalue weighted by molar-refractivity contribution is 0.283. The average molecular weight is 469 g/mol. The number of benzene rings is 1. The van der Waals surface area contributed by atoms with Crippen LogP contribution in [-0.4, -0.2) is 36.0 Å². The average Bonchev–Trinajstić information content (AvgIpc) is 2.80. The highest BCUT2D eigenvalue weighted by molar-refractivity contribution is 7.88. The third-order valence-electron chi connectivity index (χ3n) is 6.29. The minimum atomic E-state index is -3.56. The summed E-state index contributed by atoms with van der Waals surface area (Å²) in [6.07, 6.45) is 1.90. The zero-order valence-corrected chi connectivity index (χ0v) is 23.0. The molecular formula is C22H40N2O3SSi2. The van der Waals surface area contributed by atoms with Gasteiger partial charge in [0.05, 0.1) is 13.8 Å². The molecule has 0 atom stereocenters. The van der Waals surface area contributed by atoms with E-state index in [1.165, 1.54) is 10.9 Å². The molecule has 1 aromatic carbocycles. The van der Waals surface area contributed by atoms with Crippen molar-refractivity contribution in [2.75, 3.05) is 6.61 Å². The fourth-order valence-electron chi connectivity index (χ4n) is 3.89. The van der Waals surface area contributed by atoms with E-state index >= 15 is 0 Å². The summed E-state index contributed by atoms with van der Waals surface area (Å²) in [6, 6.07) is 5.94. The quantitative estimate of drug-likeness (QED) is 0.459. The number of fused-ring (bicyclic) bond motifs is 1. The third kappa shape index (κ3) is 5.85. The smallest absolute Gasteiger partial charge is 0.213 e. The molecule has 8 heteroatoms. The Bertz CT molecular complexity index is 1010. The second-order valence-corrected chi connectivity index (χ2v) is 22.4. The molecule has 1 heterocycles. The van der Waals surface area contributed by atoms with Crippen LogP contribution in [0.4, 0.5) is 0 Å². The fourth-order valence-corrected chi connectivity index (χ4v) is 7.92. The van der Waals surface area contributed by atoms with Crippen LogP contribution in [0.25, 0.3) is 10.9 Å². The largest absolute Gasteiger partial charge is 0.417 e. The van der Waals surface area contributed by atoms with Crippen molar-refractivity contribution in [3.8, 4) is 0 Å². The molecule has 0 fully saturated rings. The molecule has 5 nitrogen and oxygen atoms in total. The topological polar surface area (TPSA) is 74.3 Å². The SMILES string of the molecule is Cn1c([Si](C)(C)C)c(CCCO[Si](C)(C)C(C)(C)C)c2cc(CS(N)(=O)=O)ccc21. The molecule has 0 radical (unpaired) electrons. The van der Waals surface area contributed by atoms with Crippen LogP contribution in [0.2, 0.25) is 37.8 Å². The van der Waals surface area contributed by atoms with Crippen molar-refractivity contribution in [1.82, 2.24) is 4.57 Å². The number of hydrogen-bond acceptors (Lipinski definition) is 3. The van der Waals surface area contributed by atoms with Crippen molar-refractivity contribution in [3.63, 3.8) is 0 Å². The predicted octanol–water partition coefficient (Wildman–Crippen LogP) is 4.47. The van der Waals surface area contributed by atoms with Gasteiger partial charge in [0, 0.05) is 29.9 Å². The monoisotopic (exact) mass is 468 g/mol. The molecule has 2 N–H and O–H groups in total. The molecule has 2 aromatic rings. The molecule has 0 amide bonds. The summed E-state index contributed by atoms with van der Waals surface area (Å²) in [6.45, 7) is 19.2. The van der Waals surface area contributed by atoms with Gasteiger partial charge in [-0.15, -0.1) is 0 Å². The maximum absolute atomic E-state index is 11.6. The lowest BCUT2D eigenvalue weighted by atomic mass is 10.1. The highest BCUT2D eigenvalue weighted by atomic mass is 32.2. The number of rotatable bonds is 8. The second-order valence-electron chi connectivity index (χ2n) is 11.0. The van der Waals surface area contributed by atoms with E-state index in [1.807, 2.05) is 18.2 Å². The number of hydrogen-bond donors (Lipinski definition) is 1. The summed E-state index contributed by atoms with van der Waals surface area (Å²) >= 11 is 0. The number of aromatic nitrogens is 1. The van der Waals surface area contributed by atoms with Crippen LogP contribution in [0.15, 0.2) is 18.2 Å². The Balaban J connectivity index is 2.39. The molecule has 0 saturated heterocycles. The van der Waals surface area contributed by atoms with Crippen molar-refractivity contribution in [2.24, 2.45) is 12.2 Å². The highest BCUT2D eigenvalue weighted by Crippen LogP contribution is 2.36. The van der Waals surface area contributed by atoms with Crippen LogP contribution in [0.5, 0.6) is 0 Å². The summed E-state index contributed by atoms with van der Waals surface area (Å²) in [5, 5.41) is 8.08. The summed E-state index contributed by atoms with van der Waals surface area (Å²) in [7, 11) is -4.79. The first-order valence-electron chi connectivity index (χ1n) is 10.7. The summed E-state index contributed by atoms with van der Waals surface area (Å²) in [5.41, 5.74) is 3.25. The van der Waals surface area contributed by atoms with Crippen LogP contribution in [0.1, 0.15) is 38.3 Å². The van der Waals surface area contributed by atoms with Crippen molar-refractivity contribution >= 4 is 42.6 Å². The number of sulfonamides is 1. The van der Waals surface area contributed by atoms with Gasteiger partial charge in [0.2, 0.25) is 10.0 Å². The lowest BCUT2D eigenvalue weighted by Crippen LogP contribution is -2.44. The van der Waals surface area contributed by atoms with Gasteiger partial charge in [-0.05, 0) is 54.2 Å². The Morgan fingerprint density at radius 3 is 2.20 bits per heavy atom. The Morgan fingerprint density at radius 2 is 1.70 bits per heavy atom. The third-order valence-corrected chi connectivity index (χ3v) is 13.6. The van der Waals surface area contributed by atoms with Crippen LogP contribution in [0, 0.1) is 0 Å². The van der Waals surface area contributed by atoms with Crippen molar-refractivity contribution < 1.29 is 12.8 Å². The first-order chi connectivity index (χ1) is 13.4. The van der Waals surface area contributed by atoms with Crippen LogP contribution >= 0.6 is 0 Å². The number of primary sulfonamides is 1. The zero-order chi connectivity index (χ0) is 23.1. The van der Waals surface area contributed by atoms with Gasteiger partial charge in [-0.2, -0.15) is 0 Å². The molecular weight excluding hydrogens is 428 g/mol. The van der Waals surface area contributed by atoms with E-state index in [1.54, 1.807) is 0 Å². The standard InChI is InChI=1S/C22H40N2O3SSi2/c1-22(2,3)30(8,9)27-14-10-11-18-19-15-17(16-28(23,25)26)12-13-20(19)24(4)21(18)29(5,6)7/h12-13,15H,10-11,14,16H2,1-9H3,(H2,23,25,26). The molecule has 0 spiro atoms. The Morgan fingerprint density at radius 1 is 1.10 bits per heavy atom. The first-order valence-corrected chi connectivity index (χ1v) is 18.8. The van der Waals surface area contributed by atoms with E-state index in [0.717, 1.165) is 35.9 Å². The van der Waals surface area contributed by atoms with Crippen LogP contribution in [0.3, 0.4) is 0 Å². The molecule has 0 aliphatic heterocycles. The molecule has 0 aliphatic rings. The van der Waals surface area contributed by atoms with Crippen LogP contribution < -0.4 is 10.5 Å². The minimum Gasteiger partial charge on any atom is -0.417 e. The summed E-state index contributed by atoms with van der Waals surface area (Å²) in [4.78, 5) is 0. The van der Waals surface area contributed by atoms with E-state index in [2.05, 4.69) is 65.1 Å². The van der Waals surface area contributed by atoms with Crippen molar-refractivity contribution in [3.05, 3.63) is 29.3 Å². The Labute approximate surface area is 185 Å². The normalized spacial score (nSPS) is 13.9. The predicted molar refractivity (Wildman–Crippen MR) is 134 cm³/mol. The highest BCUT2D eigenvalue weighted by Gasteiger charge is 2.37. The molecule has 0 bridgehead atoms. The van der Waals surface area contributed by atoms with Gasteiger partial charge in [-0.3, -0.25) is 0 Å². The molecule has 0 unspecified atom stereocenters. The molecule has 0 saturated carbocycles. The number of nitrogens with two attached hydrogens (primary N) is 1. The lowest BCUT2D eigenvalue weighted by Gasteiger charge is -2.36. The second kappa shape index (κ2) is 8.54. The van der Waals surface area contributed by atoms with Gasteiger partial charge in [0.25, 0.3) is 0 Å². The molecule has 30 heavy (non-hydrogen) atoms. The number of aryl methyl sites for hydroxylation is 2. The van der Waals surface area contributed by atoms with E-state index in [4.69, 9.17) is 9.56 Å². The summed E-state index contributed by atoms with van der Waals surface area (Å²) in [5.74, 6) is -0.131. The van der Waals surface area contributed by atoms with Gasteiger partial charge >= 0.3 is 0 Å².